The first-order valence-corrected chi connectivity index (χ1v) is 9.24. The van der Waals surface area contributed by atoms with E-state index in [1.54, 1.807) is 11.3 Å². The lowest BCUT2D eigenvalue weighted by molar-refractivity contribution is 0.579. The Morgan fingerprint density at radius 2 is 1.95 bits per heavy atom. The molecule has 0 spiro atoms. The summed E-state index contributed by atoms with van der Waals surface area (Å²) in [6, 6.07) is 13.9. The quantitative estimate of drug-likeness (QED) is 0.892. The van der Waals surface area contributed by atoms with Crippen molar-refractivity contribution in [1.82, 2.24) is 4.72 Å². The molecule has 0 saturated heterocycles. The Labute approximate surface area is 123 Å². The summed E-state index contributed by atoms with van der Waals surface area (Å²) in [6.07, 6.45) is 1.48. The summed E-state index contributed by atoms with van der Waals surface area (Å²) in [6.45, 7) is 0. The molecule has 20 heavy (non-hydrogen) atoms. The topological polar surface area (TPSA) is 46.2 Å². The van der Waals surface area contributed by atoms with Gasteiger partial charge in [-0.2, -0.15) is 0 Å². The third-order valence-corrected chi connectivity index (χ3v) is 5.94. The van der Waals surface area contributed by atoms with E-state index in [1.165, 1.54) is 4.88 Å². The van der Waals surface area contributed by atoms with Crippen LogP contribution in [0.5, 0.6) is 0 Å². The average Bonchev–Trinajstić information content (AvgIpc) is 2.98. The summed E-state index contributed by atoms with van der Waals surface area (Å²) in [5, 5.41) is 2.04. The highest BCUT2D eigenvalue weighted by atomic mass is 32.2. The number of hydrogen-bond acceptors (Lipinski definition) is 3. The SMILES string of the molecule is O=S(=O)(CCc1ccccc1)NC1CC1c1cccs1. The zero-order chi connectivity index (χ0) is 14.0. The number of sulfonamides is 1. The van der Waals surface area contributed by atoms with Crippen molar-refractivity contribution in [2.45, 2.75) is 24.8 Å². The Morgan fingerprint density at radius 3 is 2.65 bits per heavy atom. The minimum Gasteiger partial charge on any atom is -0.212 e. The molecule has 3 rings (SSSR count). The van der Waals surface area contributed by atoms with Gasteiger partial charge in [-0.3, -0.25) is 0 Å². The van der Waals surface area contributed by atoms with E-state index in [9.17, 15) is 8.42 Å². The molecule has 2 unspecified atom stereocenters. The summed E-state index contributed by atoms with van der Waals surface area (Å²) < 4.78 is 26.9. The van der Waals surface area contributed by atoms with Crippen LogP contribution in [0, 0.1) is 0 Å². The molecule has 2 aromatic rings. The maximum absolute atomic E-state index is 12.1. The van der Waals surface area contributed by atoms with Gasteiger partial charge in [0.05, 0.1) is 5.75 Å². The van der Waals surface area contributed by atoms with Crippen LogP contribution in [-0.2, 0) is 16.4 Å². The van der Waals surface area contributed by atoms with Gasteiger partial charge in [0.2, 0.25) is 10.0 Å². The number of nitrogens with one attached hydrogen (secondary N) is 1. The van der Waals surface area contributed by atoms with E-state index in [2.05, 4.69) is 10.8 Å². The third-order valence-electron chi connectivity index (χ3n) is 3.53. The van der Waals surface area contributed by atoms with Gasteiger partial charge in [0.1, 0.15) is 0 Å². The molecule has 1 aliphatic rings. The molecular weight excluding hydrogens is 290 g/mol. The second-order valence-electron chi connectivity index (χ2n) is 5.14. The van der Waals surface area contributed by atoms with Gasteiger partial charge in [-0.15, -0.1) is 11.3 Å². The summed E-state index contributed by atoms with van der Waals surface area (Å²) in [5.74, 6) is 0.534. The van der Waals surface area contributed by atoms with Crippen LogP contribution in [0.15, 0.2) is 47.8 Å². The van der Waals surface area contributed by atoms with E-state index in [-0.39, 0.29) is 11.8 Å². The van der Waals surface area contributed by atoms with E-state index in [1.807, 2.05) is 41.8 Å². The van der Waals surface area contributed by atoms with Gasteiger partial charge in [0.15, 0.2) is 0 Å². The van der Waals surface area contributed by atoms with Crippen molar-refractivity contribution in [1.29, 1.82) is 0 Å². The molecule has 0 radical (unpaired) electrons. The standard InChI is InChI=1S/C15H17NO2S2/c17-20(18,10-8-12-5-2-1-3-6-12)16-14-11-13(14)15-7-4-9-19-15/h1-7,9,13-14,16H,8,10-11H2. The van der Waals surface area contributed by atoms with E-state index >= 15 is 0 Å². The van der Waals surface area contributed by atoms with Gasteiger partial charge < -0.3 is 0 Å². The highest BCUT2D eigenvalue weighted by molar-refractivity contribution is 7.89. The predicted octanol–water partition coefficient (Wildman–Crippen LogP) is 2.77. The molecular formula is C15H17NO2S2. The van der Waals surface area contributed by atoms with Crippen molar-refractivity contribution >= 4 is 21.4 Å². The van der Waals surface area contributed by atoms with Crippen LogP contribution in [0.4, 0.5) is 0 Å². The summed E-state index contributed by atoms with van der Waals surface area (Å²) in [4.78, 5) is 1.28. The fraction of sp³-hybridized carbons (Fsp3) is 0.333. The fourth-order valence-electron chi connectivity index (χ4n) is 2.33. The molecule has 1 aromatic heterocycles. The largest absolute Gasteiger partial charge is 0.212 e. The first kappa shape index (κ1) is 13.8. The van der Waals surface area contributed by atoms with Gasteiger partial charge >= 0.3 is 0 Å². The van der Waals surface area contributed by atoms with Crippen LogP contribution < -0.4 is 4.72 Å². The molecule has 0 bridgehead atoms. The average molecular weight is 307 g/mol. The number of rotatable bonds is 6. The summed E-state index contributed by atoms with van der Waals surface area (Å²) in [5.41, 5.74) is 1.06. The van der Waals surface area contributed by atoms with Gasteiger partial charge in [-0.1, -0.05) is 36.4 Å². The van der Waals surface area contributed by atoms with Crippen LogP contribution in [0.2, 0.25) is 0 Å². The minimum absolute atomic E-state index is 0.0921. The molecule has 3 nitrogen and oxygen atoms in total. The number of aryl methyl sites for hydroxylation is 1. The predicted molar refractivity (Wildman–Crippen MR) is 82.5 cm³/mol. The maximum atomic E-state index is 12.1. The van der Waals surface area contributed by atoms with Gasteiger partial charge in [-0.25, -0.2) is 13.1 Å². The van der Waals surface area contributed by atoms with E-state index < -0.39 is 10.0 Å². The summed E-state index contributed by atoms with van der Waals surface area (Å²) in [7, 11) is -3.19. The molecule has 0 amide bonds. The van der Waals surface area contributed by atoms with Crippen LogP contribution in [0.1, 0.15) is 22.8 Å². The molecule has 1 heterocycles. The van der Waals surface area contributed by atoms with Crippen LogP contribution in [0.3, 0.4) is 0 Å². The Bertz CT molecular complexity index is 650. The van der Waals surface area contributed by atoms with Crippen molar-refractivity contribution < 1.29 is 8.42 Å². The molecule has 1 saturated carbocycles. The third kappa shape index (κ3) is 3.48. The monoisotopic (exact) mass is 307 g/mol. The van der Waals surface area contributed by atoms with Crippen LogP contribution in [0.25, 0.3) is 0 Å². The van der Waals surface area contributed by atoms with Crippen molar-refractivity contribution in [3.8, 4) is 0 Å². The smallest absolute Gasteiger partial charge is 0.212 e. The summed E-state index contributed by atoms with van der Waals surface area (Å²) >= 11 is 1.70. The van der Waals surface area contributed by atoms with E-state index in [0.29, 0.717) is 12.3 Å². The molecule has 0 aliphatic heterocycles. The first-order valence-electron chi connectivity index (χ1n) is 6.71. The normalized spacial score (nSPS) is 21.8. The fourth-order valence-corrected chi connectivity index (χ4v) is 4.58. The number of hydrogen-bond donors (Lipinski definition) is 1. The molecule has 2 atom stereocenters. The number of benzene rings is 1. The lowest BCUT2D eigenvalue weighted by atomic mass is 10.2. The zero-order valence-corrected chi connectivity index (χ0v) is 12.7. The highest BCUT2D eigenvalue weighted by Gasteiger charge is 2.41. The molecule has 1 N–H and O–H groups in total. The Balaban J connectivity index is 1.52. The number of thiophene rings is 1. The molecule has 1 aliphatic carbocycles. The van der Waals surface area contributed by atoms with E-state index in [4.69, 9.17) is 0 Å². The van der Waals surface area contributed by atoms with Crippen molar-refractivity contribution in [3.05, 3.63) is 58.3 Å². The Morgan fingerprint density at radius 1 is 1.15 bits per heavy atom. The lowest BCUT2D eigenvalue weighted by Crippen LogP contribution is -2.29. The second kappa shape index (κ2) is 5.68. The molecule has 106 valence electrons. The van der Waals surface area contributed by atoms with E-state index in [0.717, 1.165) is 12.0 Å². The van der Waals surface area contributed by atoms with Crippen molar-refractivity contribution in [2.75, 3.05) is 5.75 Å². The zero-order valence-electron chi connectivity index (χ0n) is 11.0. The van der Waals surface area contributed by atoms with Gasteiger partial charge in [0, 0.05) is 16.8 Å². The van der Waals surface area contributed by atoms with Gasteiger partial charge in [0.25, 0.3) is 0 Å². The van der Waals surface area contributed by atoms with Crippen LogP contribution >= 0.6 is 11.3 Å². The Kier molecular flexibility index (Phi) is 3.92. The minimum atomic E-state index is -3.19. The lowest BCUT2D eigenvalue weighted by Gasteiger charge is -2.06. The molecule has 5 heteroatoms. The van der Waals surface area contributed by atoms with Gasteiger partial charge in [-0.05, 0) is 29.9 Å². The first-order chi connectivity index (χ1) is 9.64. The highest BCUT2D eigenvalue weighted by Crippen LogP contribution is 2.43. The molecule has 1 aromatic carbocycles. The Hall–Kier alpha value is -1.17. The second-order valence-corrected chi connectivity index (χ2v) is 7.99. The van der Waals surface area contributed by atoms with Crippen molar-refractivity contribution in [2.24, 2.45) is 0 Å². The maximum Gasteiger partial charge on any atom is 0.212 e. The van der Waals surface area contributed by atoms with Crippen LogP contribution in [-0.4, -0.2) is 20.2 Å². The molecule has 1 fully saturated rings. The van der Waals surface area contributed by atoms with Crippen molar-refractivity contribution in [3.63, 3.8) is 0 Å².